The van der Waals surface area contributed by atoms with Crippen molar-refractivity contribution in [2.75, 3.05) is 19.0 Å². The van der Waals surface area contributed by atoms with Crippen LogP contribution < -0.4 is 5.32 Å². The third-order valence-corrected chi connectivity index (χ3v) is 4.57. The van der Waals surface area contributed by atoms with E-state index in [0.29, 0.717) is 19.0 Å². The van der Waals surface area contributed by atoms with Gasteiger partial charge in [-0.1, -0.05) is 28.1 Å². The first-order valence-electron chi connectivity index (χ1n) is 7.21. The number of hydrogen-bond donors (Lipinski definition) is 1. The van der Waals surface area contributed by atoms with Crippen LogP contribution in [-0.2, 0) is 6.54 Å². The SMILES string of the molecule is O=C(NCCCl)N1CCn2cccc2C1c1ccc(Br)cc1. The van der Waals surface area contributed by atoms with E-state index in [1.165, 1.54) is 0 Å². The van der Waals surface area contributed by atoms with E-state index in [-0.39, 0.29) is 12.1 Å². The third kappa shape index (κ3) is 3.01. The van der Waals surface area contributed by atoms with Gasteiger partial charge in [0.2, 0.25) is 0 Å². The molecule has 0 radical (unpaired) electrons. The Kier molecular flexibility index (Phi) is 4.74. The van der Waals surface area contributed by atoms with E-state index in [1.807, 2.05) is 23.1 Å². The molecule has 0 saturated heterocycles. The molecule has 6 heteroatoms. The van der Waals surface area contributed by atoms with Crippen LogP contribution >= 0.6 is 27.5 Å². The molecule has 0 saturated carbocycles. The fourth-order valence-electron chi connectivity index (χ4n) is 2.85. The first-order chi connectivity index (χ1) is 10.7. The Balaban J connectivity index is 1.95. The number of nitrogens with one attached hydrogen (secondary N) is 1. The number of carbonyl (C=O) groups is 1. The average molecular weight is 383 g/mol. The molecule has 0 spiro atoms. The van der Waals surface area contributed by atoms with Crippen molar-refractivity contribution >= 4 is 33.6 Å². The van der Waals surface area contributed by atoms with E-state index in [9.17, 15) is 4.79 Å². The Labute approximate surface area is 143 Å². The highest BCUT2D eigenvalue weighted by atomic mass is 79.9. The summed E-state index contributed by atoms with van der Waals surface area (Å²) in [6.07, 6.45) is 2.06. The van der Waals surface area contributed by atoms with Gasteiger partial charge in [-0.3, -0.25) is 0 Å². The molecule has 1 aromatic heterocycles. The molecule has 0 bridgehead atoms. The van der Waals surface area contributed by atoms with Crippen molar-refractivity contribution < 1.29 is 4.79 Å². The number of aromatic nitrogens is 1. The molecule has 1 aliphatic rings. The zero-order valence-corrected chi connectivity index (χ0v) is 14.3. The molecule has 1 aromatic carbocycles. The van der Waals surface area contributed by atoms with Crippen LogP contribution in [0.3, 0.4) is 0 Å². The van der Waals surface area contributed by atoms with Crippen LogP contribution in [0, 0.1) is 0 Å². The molecule has 1 atom stereocenters. The smallest absolute Gasteiger partial charge is 0.318 e. The standard InChI is InChI=1S/C16H17BrClN3O/c17-13-5-3-12(4-6-13)15-14-2-1-9-20(14)10-11-21(15)16(22)19-8-7-18/h1-6,9,15H,7-8,10-11H2,(H,19,22). The van der Waals surface area contributed by atoms with Gasteiger partial charge in [0.15, 0.2) is 0 Å². The van der Waals surface area contributed by atoms with Crippen LogP contribution in [0.25, 0.3) is 0 Å². The molecule has 2 aromatic rings. The van der Waals surface area contributed by atoms with Crippen LogP contribution in [0.2, 0.25) is 0 Å². The lowest BCUT2D eigenvalue weighted by Crippen LogP contribution is -2.47. The Morgan fingerprint density at radius 1 is 1.27 bits per heavy atom. The number of nitrogens with zero attached hydrogens (tertiary/aromatic N) is 2. The van der Waals surface area contributed by atoms with Crippen molar-refractivity contribution in [1.29, 1.82) is 0 Å². The lowest BCUT2D eigenvalue weighted by atomic mass is 10.0. The minimum absolute atomic E-state index is 0.0685. The zero-order valence-electron chi connectivity index (χ0n) is 12.0. The topological polar surface area (TPSA) is 37.3 Å². The summed E-state index contributed by atoms with van der Waals surface area (Å²) in [5.74, 6) is 0.416. The van der Waals surface area contributed by atoms with Crippen molar-refractivity contribution in [2.45, 2.75) is 12.6 Å². The second-order valence-corrected chi connectivity index (χ2v) is 6.49. The van der Waals surface area contributed by atoms with Gasteiger partial charge in [-0.2, -0.15) is 0 Å². The van der Waals surface area contributed by atoms with Gasteiger partial charge in [-0.05, 0) is 29.8 Å². The normalized spacial score (nSPS) is 17.2. The highest BCUT2D eigenvalue weighted by Crippen LogP contribution is 2.32. The Bertz CT molecular complexity index is 656. The van der Waals surface area contributed by atoms with Crippen molar-refractivity contribution in [1.82, 2.24) is 14.8 Å². The summed E-state index contributed by atoms with van der Waals surface area (Å²) in [4.78, 5) is 14.4. The second-order valence-electron chi connectivity index (χ2n) is 5.19. The lowest BCUT2D eigenvalue weighted by molar-refractivity contribution is 0.169. The fraction of sp³-hybridized carbons (Fsp3) is 0.312. The number of amides is 2. The fourth-order valence-corrected chi connectivity index (χ4v) is 3.21. The maximum absolute atomic E-state index is 12.5. The second kappa shape index (κ2) is 6.75. The number of benzene rings is 1. The van der Waals surface area contributed by atoms with Gasteiger partial charge in [0.1, 0.15) is 0 Å². The third-order valence-electron chi connectivity index (χ3n) is 3.86. The average Bonchev–Trinajstić information content (AvgIpc) is 3.01. The summed E-state index contributed by atoms with van der Waals surface area (Å²) < 4.78 is 3.23. The van der Waals surface area contributed by atoms with Crippen LogP contribution in [0.5, 0.6) is 0 Å². The molecule has 3 rings (SSSR count). The van der Waals surface area contributed by atoms with Gasteiger partial charge < -0.3 is 14.8 Å². The van der Waals surface area contributed by atoms with Crippen molar-refractivity contribution in [3.8, 4) is 0 Å². The Morgan fingerprint density at radius 2 is 2.05 bits per heavy atom. The van der Waals surface area contributed by atoms with Crippen molar-refractivity contribution in [2.24, 2.45) is 0 Å². The molecular weight excluding hydrogens is 366 g/mol. The van der Waals surface area contributed by atoms with Gasteiger partial charge in [0.05, 0.1) is 6.04 Å². The molecule has 2 amide bonds. The molecule has 1 aliphatic heterocycles. The van der Waals surface area contributed by atoms with Gasteiger partial charge in [-0.25, -0.2) is 4.79 Å². The first-order valence-corrected chi connectivity index (χ1v) is 8.54. The Hall–Kier alpha value is -1.46. The van der Waals surface area contributed by atoms with E-state index in [2.05, 4.69) is 50.2 Å². The number of rotatable bonds is 3. The summed E-state index contributed by atoms with van der Waals surface area (Å²) in [5.41, 5.74) is 2.23. The molecule has 2 heterocycles. The minimum Gasteiger partial charge on any atom is -0.348 e. The highest BCUT2D eigenvalue weighted by Gasteiger charge is 2.31. The van der Waals surface area contributed by atoms with Crippen LogP contribution in [0.15, 0.2) is 47.1 Å². The van der Waals surface area contributed by atoms with Crippen molar-refractivity contribution in [3.63, 3.8) is 0 Å². The van der Waals surface area contributed by atoms with Gasteiger partial charge in [0.25, 0.3) is 0 Å². The van der Waals surface area contributed by atoms with Gasteiger partial charge >= 0.3 is 6.03 Å². The molecule has 1 unspecified atom stereocenters. The monoisotopic (exact) mass is 381 g/mol. The van der Waals surface area contributed by atoms with E-state index >= 15 is 0 Å². The first kappa shape index (κ1) is 15.4. The molecular formula is C16H17BrClN3O. The largest absolute Gasteiger partial charge is 0.348 e. The summed E-state index contributed by atoms with van der Waals surface area (Å²) in [6.45, 7) is 1.96. The van der Waals surface area contributed by atoms with Crippen LogP contribution in [0.1, 0.15) is 17.3 Å². The molecule has 22 heavy (non-hydrogen) atoms. The van der Waals surface area contributed by atoms with E-state index in [0.717, 1.165) is 22.3 Å². The molecule has 116 valence electrons. The van der Waals surface area contributed by atoms with Gasteiger partial charge in [-0.15, -0.1) is 11.6 Å². The number of fused-ring (bicyclic) bond motifs is 1. The van der Waals surface area contributed by atoms with E-state index in [4.69, 9.17) is 11.6 Å². The summed E-state index contributed by atoms with van der Waals surface area (Å²) >= 11 is 9.14. The van der Waals surface area contributed by atoms with Gasteiger partial charge in [0, 0.05) is 41.9 Å². The predicted octanol–water partition coefficient (Wildman–Crippen LogP) is 3.60. The molecule has 4 nitrogen and oxygen atoms in total. The van der Waals surface area contributed by atoms with E-state index in [1.54, 1.807) is 0 Å². The van der Waals surface area contributed by atoms with Crippen molar-refractivity contribution in [3.05, 3.63) is 58.3 Å². The van der Waals surface area contributed by atoms with Crippen LogP contribution in [0.4, 0.5) is 4.79 Å². The Morgan fingerprint density at radius 3 is 2.77 bits per heavy atom. The van der Waals surface area contributed by atoms with E-state index < -0.39 is 0 Å². The zero-order chi connectivity index (χ0) is 15.5. The number of urea groups is 1. The number of alkyl halides is 1. The maximum Gasteiger partial charge on any atom is 0.318 e. The quantitative estimate of drug-likeness (QED) is 0.809. The predicted molar refractivity (Wildman–Crippen MR) is 91.2 cm³/mol. The lowest BCUT2D eigenvalue weighted by Gasteiger charge is -2.37. The summed E-state index contributed by atoms with van der Waals surface area (Å²) in [5, 5.41) is 2.87. The maximum atomic E-state index is 12.5. The molecule has 0 aliphatic carbocycles. The van der Waals surface area contributed by atoms with Crippen LogP contribution in [-0.4, -0.2) is 34.5 Å². The number of hydrogen-bond acceptors (Lipinski definition) is 1. The number of halogens is 2. The minimum atomic E-state index is -0.0767. The summed E-state index contributed by atoms with van der Waals surface area (Å²) in [7, 11) is 0. The number of carbonyl (C=O) groups excluding carboxylic acids is 1. The molecule has 1 N–H and O–H groups in total. The molecule has 0 fully saturated rings. The summed E-state index contributed by atoms with van der Waals surface area (Å²) in [6, 6.07) is 12.1. The highest BCUT2D eigenvalue weighted by molar-refractivity contribution is 9.10.